The molecule has 1 atom stereocenters. The van der Waals surface area contributed by atoms with Gasteiger partial charge in [-0.1, -0.05) is 32.9 Å². The fraction of sp³-hybridized carbons (Fsp3) is 0.400. The zero-order chi connectivity index (χ0) is 21.1. The second-order valence-electron chi connectivity index (χ2n) is 7.89. The summed E-state index contributed by atoms with van der Waals surface area (Å²) in [6.07, 6.45) is 0.972. The molecule has 0 aliphatic heterocycles. The van der Waals surface area contributed by atoms with Crippen LogP contribution in [0.3, 0.4) is 0 Å². The van der Waals surface area contributed by atoms with Crippen molar-refractivity contribution < 1.29 is 14.0 Å². The number of aromatic nitrogens is 2. The smallest absolute Gasteiger partial charge is 0.276 e. The van der Waals surface area contributed by atoms with E-state index in [-0.39, 0.29) is 11.1 Å². The first-order valence-corrected chi connectivity index (χ1v) is 8.95. The average Bonchev–Trinajstić information content (AvgIpc) is 2.58. The molecule has 1 aromatic carbocycles. The van der Waals surface area contributed by atoms with Crippen molar-refractivity contribution >= 4 is 11.8 Å². The quantitative estimate of drug-likeness (QED) is 0.790. The highest BCUT2D eigenvalue weighted by molar-refractivity contribution is 5.95. The fourth-order valence-electron chi connectivity index (χ4n) is 2.66. The van der Waals surface area contributed by atoms with Crippen LogP contribution in [-0.4, -0.2) is 27.6 Å². The van der Waals surface area contributed by atoms with E-state index in [1.807, 2.05) is 20.8 Å². The van der Waals surface area contributed by atoms with Crippen molar-refractivity contribution in [2.45, 2.75) is 46.6 Å². The number of carbonyl (C=O) groups is 2. The second kappa shape index (κ2) is 8.33. The number of aryl methyl sites for hydroxylation is 1. The summed E-state index contributed by atoms with van der Waals surface area (Å²) in [6.45, 7) is 7.59. The Balaban J connectivity index is 2.34. The Bertz CT molecular complexity index is 947. The number of para-hydroxylation sites is 1. The number of rotatable bonds is 6. The minimum atomic E-state index is -0.934. The molecule has 1 aromatic heterocycles. The van der Waals surface area contributed by atoms with E-state index in [1.165, 1.54) is 28.9 Å². The minimum absolute atomic E-state index is 0.0575. The number of amides is 2. The standard InChI is InChI=1S/C20H25FN4O3/c1-12-11-16(26)17(24-25(12)15-8-6-5-7-13(15)21)19(28)23-14(18(22)27)9-10-20(2,3)4/h5-8,11,14H,9-10H2,1-4H3,(H2,22,27)(H,23,28)/t14-/m1/s1. The van der Waals surface area contributed by atoms with Crippen molar-refractivity contribution in [3.63, 3.8) is 0 Å². The van der Waals surface area contributed by atoms with E-state index in [9.17, 15) is 18.8 Å². The normalized spacial score (nSPS) is 12.5. The predicted octanol–water partition coefficient (Wildman–Crippen LogP) is 2.09. The van der Waals surface area contributed by atoms with Gasteiger partial charge in [0, 0.05) is 11.8 Å². The van der Waals surface area contributed by atoms with E-state index in [0.717, 1.165) is 0 Å². The van der Waals surface area contributed by atoms with E-state index < -0.39 is 34.8 Å². The summed E-state index contributed by atoms with van der Waals surface area (Å²) in [5.41, 5.74) is 4.74. The highest BCUT2D eigenvalue weighted by atomic mass is 19.1. The Kier molecular flexibility index (Phi) is 6.33. The maximum atomic E-state index is 14.1. The molecule has 150 valence electrons. The molecule has 0 fully saturated rings. The third-order valence-corrected chi connectivity index (χ3v) is 4.23. The zero-order valence-corrected chi connectivity index (χ0v) is 16.5. The Labute approximate surface area is 162 Å². The van der Waals surface area contributed by atoms with Crippen molar-refractivity contribution in [1.29, 1.82) is 0 Å². The van der Waals surface area contributed by atoms with Gasteiger partial charge in [-0.15, -0.1) is 0 Å². The van der Waals surface area contributed by atoms with Gasteiger partial charge >= 0.3 is 0 Å². The van der Waals surface area contributed by atoms with Crippen molar-refractivity contribution in [1.82, 2.24) is 15.1 Å². The van der Waals surface area contributed by atoms with Gasteiger partial charge in [0.15, 0.2) is 5.69 Å². The van der Waals surface area contributed by atoms with Crippen LogP contribution in [0, 0.1) is 18.2 Å². The molecular weight excluding hydrogens is 363 g/mol. The Morgan fingerprint density at radius 2 is 1.93 bits per heavy atom. The molecule has 0 saturated heterocycles. The van der Waals surface area contributed by atoms with Gasteiger partial charge in [0.2, 0.25) is 11.3 Å². The van der Waals surface area contributed by atoms with Gasteiger partial charge in [-0.2, -0.15) is 5.10 Å². The third-order valence-electron chi connectivity index (χ3n) is 4.23. The molecule has 0 bridgehead atoms. The lowest BCUT2D eigenvalue weighted by molar-refractivity contribution is -0.120. The molecule has 0 radical (unpaired) electrons. The van der Waals surface area contributed by atoms with Crippen LogP contribution in [0.15, 0.2) is 35.1 Å². The summed E-state index contributed by atoms with van der Waals surface area (Å²) in [7, 11) is 0. The van der Waals surface area contributed by atoms with Crippen LogP contribution in [0.5, 0.6) is 0 Å². The van der Waals surface area contributed by atoms with Crippen molar-refractivity contribution in [3.8, 4) is 5.69 Å². The van der Waals surface area contributed by atoms with E-state index in [0.29, 0.717) is 18.5 Å². The third kappa shape index (κ3) is 5.25. The van der Waals surface area contributed by atoms with Crippen molar-refractivity contribution in [2.75, 3.05) is 0 Å². The van der Waals surface area contributed by atoms with Gasteiger partial charge in [0.25, 0.3) is 5.91 Å². The Morgan fingerprint density at radius 3 is 2.50 bits per heavy atom. The summed E-state index contributed by atoms with van der Waals surface area (Å²) in [5, 5.41) is 6.50. The number of nitrogens with two attached hydrogens (primary N) is 1. The van der Waals surface area contributed by atoms with Crippen LogP contribution in [-0.2, 0) is 4.79 Å². The predicted molar refractivity (Wildman–Crippen MR) is 104 cm³/mol. The van der Waals surface area contributed by atoms with Crippen LogP contribution in [0.25, 0.3) is 5.69 Å². The lowest BCUT2D eigenvalue weighted by Crippen LogP contribution is -2.46. The van der Waals surface area contributed by atoms with Crippen LogP contribution in [0.4, 0.5) is 4.39 Å². The van der Waals surface area contributed by atoms with Crippen molar-refractivity contribution in [2.24, 2.45) is 11.1 Å². The molecule has 0 spiro atoms. The highest BCUT2D eigenvalue weighted by Gasteiger charge is 2.24. The van der Waals surface area contributed by atoms with Crippen LogP contribution >= 0.6 is 0 Å². The topological polar surface area (TPSA) is 107 Å². The number of hydrogen-bond donors (Lipinski definition) is 2. The van der Waals surface area contributed by atoms with Gasteiger partial charge in [0.1, 0.15) is 17.5 Å². The molecule has 2 aromatic rings. The van der Waals surface area contributed by atoms with Gasteiger partial charge in [0.05, 0.1) is 0 Å². The summed E-state index contributed by atoms with van der Waals surface area (Å²) in [4.78, 5) is 36.6. The maximum Gasteiger partial charge on any atom is 0.276 e. The van der Waals surface area contributed by atoms with E-state index >= 15 is 0 Å². The number of benzene rings is 1. The molecule has 7 nitrogen and oxygen atoms in total. The molecule has 0 unspecified atom stereocenters. The molecule has 0 aliphatic rings. The zero-order valence-electron chi connectivity index (χ0n) is 16.5. The van der Waals surface area contributed by atoms with Crippen LogP contribution in [0.2, 0.25) is 0 Å². The Hall–Kier alpha value is -3.03. The van der Waals surface area contributed by atoms with Crippen molar-refractivity contribution in [3.05, 3.63) is 57.8 Å². The van der Waals surface area contributed by atoms with E-state index in [4.69, 9.17) is 5.73 Å². The van der Waals surface area contributed by atoms with E-state index in [1.54, 1.807) is 13.0 Å². The van der Waals surface area contributed by atoms with Crippen LogP contribution in [0.1, 0.15) is 49.8 Å². The molecular formula is C20H25FN4O3. The van der Waals surface area contributed by atoms with Gasteiger partial charge < -0.3 is 11.1 Å². The lowest BCUT2D eigenvalue weighted by Gasteiger charge is -2.22. The maximum absolute atomic E-state index is 14.1. The molecule has 2 amide bonds. The summed E-state index contributed by atoms with van der Waals surface area (Å²) in [6, 6.07) is 6.14. The average molecular weight is 388 g/mol. The highest BCUT2D eigenvalue weighted by Crippen LogP contribution is 2.21. The molecule has 0 saturated carbocycles. The summed E-state index contributed by atoms with van der Waals surface area (Å²) < 4.78 is 15.3. The lowest BCUT2D eigenvalue weighted by atomic mass is 9.88. The molecule has 1 heterocycles. The largest absolute Gasteiger partial charge is 0.368 e. The van der Waals surface area contributed by atoms with Gasteiger partial charge in [-0.3, -0.25) is 14.4 Å². The number of hydrogen-bond acceptors (Lipinski definition) is 4. The summed E-state index contributed by atoms with van der Waals surface area (Å²) in [5.74, 6) is -2.07. The molecule has 8 heteroatoms. The molecule has 2 rings (SSSR count). The fourth-order valence-corrected chi connectivity index (χ4v) is 2.66. The minimum Gasteiger partial charge on any atom is -0.368 e. The summed E-state index contributed by atoms with van der Waals surface area (Å²) >= 11 is 0. The first-order valence-electron chi connectivity index (χ1n) is 8.95. The Morgan fingerprint density at radius 1 is 1.29 bits per heavy atom. The first-order chi connectivity index (χ1) is 13.0. The number of nitrogens with zero attached hydrogens (tertiary/aromatic N) is 2. The van der Waals surface area contributed by atoms with Gasteiger partial charge in [-0.05, 0) is 37.3 Å². The van der Waals surface area contributed by atoms with E-state index in [2.05, 4.69) is 10.4 Å². The monoisotopic (exact) mass is 388 g/mol. The second-order valence-corrected chi connectivity index (χ2v) is 7.89. The SMILES string of the molecule is Cc1cc(=O)c(C(=O)N[C@H](CCC(C)(C)C)C(N)=O)nn1-c1ccccc1F. The number of nitrogens with one attached hydrogen (secondary N) is 1. The number of primary amides is 1. The number of halogens is 1. The molecule has 3 N–H and O–H groups in total. The first kappa shape index (κ1) is 21.3. The van der Waals surface area contributed by atoms with Crippen LogP contribution < -0.4 is 16.5 Å². The molecule has 28 heavy (non-hydrogen) atoms. The van der Waals surface area contributed by atoms with Gasteiger partial charge in [-0.25, -0.2) is 9.07 Å². The number of carbonyl (C=O) groups excluding carboxylic acids is 2. The molecule has 0 aliphatic carbocycles.